The van der Waals surface area contributed by atoms with Gasteiger partial charge in [-0.2, -0.15) is 4.31 Å². The van der Waals surface area contributed by atoms with Crippen LogP contribution in [0.4, 0.5) is 0 Å². The third-order valence-electron chi connectivity index (χ3n) is 3.38. The van der Waals surface area contributed by atoms with Crippen LogP contribution in [0.15, 0.2) is 6.33 Å². The second-order valence-corrected chi connectivity index (χ2v) is 7.49. The van der Waals surface area contributed by atoms with Crippen molar-refractivity contribution in [2.75, 3.05) is 18.8 Å². The zero-order chi connectivity index (χ0) is 14.6. The molecule has 0 spiro atoms. The molecule has 0 atom stereocenters. The molecule has 1 aromatic heterocycles. The van der Waals surface area contributed by atoms with Crippen LogP contribution < -0.4 is 5.32 Å². The first kappa shape index (κ1) is 15.4. The third kappa shape index (κ3) is 4.00. The minimum atomic E-state index is -3.18. The van der Waals surface area contributed by atoms with Gasteiger partial charge in [-0.1, -0.05) is 13.8 Å². The van der Waals surface area contributed by atoms with Crippen LogP contribution in [0.5, 0.6) is 0 Å². The highest BCUT2D eigenvalue weighted by Gasteiger charge is 2.27. The van der Waals surface area contributed by atoms with Gasteiger partial charge < -0.3 is 9.88 Å². The number of hydrogen-bond donors (Lipinski definition) is 1. The lowest BCUT2D eigenvalue weighted by molar-refractivity contribution is 0.335. The quantitative estimate of drug-likeness (QED) is 0.728. The van der Waals surface area contributed by atoms with Gasteiger partial charge in [-0.25, -0.2) is 8.42 Å². The van der Waals surface area contributed by atoms with Crippen LogP contribution in [0.2, 0.25) is 0 Å². The van der Waals surface area contributed by atoms with Crippen molar-refractivity contribution in [1.82, 2.24) is 24.4 Å². The molecule has 0 saturated heterocycles. The normalized spacial score (nSPS) is 16.6. The summed E-state index contributed by atoms with van der Waals surface area (Å²) in [5, 5.41) is 11.0. The molecule has 0 unspecified atom stereocenters. The molecule has 1 N–H and O–H groups in total. The van der Waals surface area contributed by atoms with Crippen molar-refractivity contribution in [3.05, 3.63) is 12.2 Å². The van der Waals surface area contributed by atoms with Crippen LogP contribution in [-0.2, 0) is 23.1 Å². The minimum Gasteiger partial charge on any atom is -0.315 e. The van der Waals surface area contributed by atoms with Gasteiger partial charge in [-0.3, -0.25) is 0 Å². The largest absolute Gasteiger partial charge is 0.315 e. The summed E-state index contributed by atoms with van der Waals surface area (Å²) < 4.78 is 27.9. The third-order valence-corrected chi connectivity index (χ3v) is 5.28. The Morgan fingerprint density at radius 3 is 2.90 bits per heavy atom. The molecule has 1 aliphatic heterocycles. The number of nitrogens with zero attached hydrogens (tertiary/aromatic N) is 4. The predicted octanol–water partition coefficient (Wildman–Crippen LogP) is 0.202. The summed E-state index contributed by atoms with van der Waals surface area (Å²) >= 11 is 0. The van der Waals surface area contributed by atoms with Gasteiger partial charge >= 0.3 is 0 Å². The molecule has 0 aromatic carbocycles. The summed E-state index contributed by atoms with van der Waals surface area (Å²) in [5.74, 6) is 0.933. The second kappa shape index (κ2) is 6.64. The smallest absolute Gasteiger partial charge is 0.214 e. The number of fused-ring (bicyclic) bond motifs is 1. The molecule has 2 rings (SSSR count). The molecule has 0 radical (unpaired) electrons. The van der Waals surface area contributed by atoms with Crippen molar-refractivity contribution in [3.8, 4) is 0 Å². The average Bonchev–Trinajstić information content (AvgIpc) is 2.85. The monoisotopic (exact) mass is 301 g/mol. The molecular weight excluding hydrogens is 278 g/mol. The summed E-state index contributed by atoms with van der Waals surface area (Å²) in [5.41, 5.74) is 0. The first-order chi connectivity index (χ1) is 9.49. The Bertz CT molecular complexity index is 526. The maximum absolute atomic E-state index is 12.3. The Morgan fingerprint density at radius 1 is 1.35 bits per heavy atom. The van der Waals surface area contributed by atoms with Crippen molar-refractivity contribution < 1.29 is 8.42 Å². The van der Waals surface area contributed by atoms with Gasteiger partial charge in [0.15, 0.2) is 0 Å². The van der Waals surface area contributed by atoms with Gasteiger partial charge in [-0.15, -0.1) is 10.2 Å². The van der Waals surface area contributed by atoms with E-state index in [1.54, 1.807) is 6.33 Å². The SMILES string of the molecule is CC(C)NCCCCS(=O)(=O)N1CCn2cnnc2C1. The van der Waals surface area contributed by atoms with Gasteiger partial charge in [0, 0.05) is 19.1 Å². The minimum absolute atomic E-state index is 0.209. The fourth-order valence-corrected chi connectivity index (χ4v) is 3.71. The predicted molar refractivity (Wildman–Crippen MR) is 76.6 cm³/mol. The lowest BCUT2D eigenvalue weighted by atomic mass is 10.3. The molecule has 7 nitrogen and oxygen atoms in total. The van der Waals surface area contributed by atoms with Crippen LogP contribution in [0, 0.1) is 0 Å². The number of nitrogens with one attached hydrogen (secondary N) is 1. The molecule has 1 aromatic rings. The Morgan fingerprint density at radius 2 is 2.15 bits per heavy atom. The van der Waals surface area contributed by atoms with Crippen LogP contribution in [-0.4, -0.2) is 52.4 Å². The first-order valence-electron chi connectivity index (χ1n) is 7.07. The van der Waals surface area contributed by atoms with E-state index in [0.29, 0.717) is 32.1 Å². The molecule has 1 aliphatic rings. The van der Waals surface area contributed by atoms with Gasteiger partial charge in [0.2, 0.25) is 10.0 Å². The number of sulfonamides is 1. The van der Waals surface area contributed by atoms with E-state index in [2.05, 4.69) is 29.4 Å². The molecule has 0 amide bonds. The molecular formula is C12H23N5O2S. The van der Waals surface area contributed by atoms with Crippen LogP contribution in [0.25, 0.3) is 0 Å². The molecule has 0 saturated carbocycles. The van der Waals surface area contributed by atoms with Crippen LogP contribution >= 0.6 is 0 Å². The molecule has 0 bridgehead atoms. The van der Waals surface area contributed by atoms with E-state index in [0.717, 1.165) is 18.8 Å². The van der Waals surface area contributed by atoms with Gasteiger partial charge in [-0.05, 0) is 19.4 Å². The standard InChI is InChI=1S/C12H23N5O2S/c1-11(2)13-5-3-4-8-20(18,19)17-7-6-16-10-14-15-12(16)9-17/h10-11,13H,3-9H2,1-2H3. The molecule has 114 valence electrons. The summed E-state index contributed by atoms with van der Waals surface area (Å²) in [6.07, 6.45) is 3.21. The van der Waals surface area contributed by atoms with Crippen LogP contribution in [0.1, 0.15) is 32.5 Å². The fourth-order valence-electron chi connectivity index (χ4n) is 2.21. The van der Waals surface area contributed by atoms with Crippen molar-refractivity contribution in [3.63, 3.8) is 0 Å². The second-order valence-electron chi connectivity index (χ2n) is 5.41. The zero-order valence-corrected chi connectivity index (χ0v) is 12.9. The Labute approximate surface area is 120 Å². The van der Waals surface area contributed by atoms with E-state index >= 15 is 0 Å². The highest BCUT2D eigenvalue weighted by Crippen LogP contribution is 2.14. The topological polar surface area (TPSA) is 80.1 Å². The van der Waals surface area contributed by atoms with Crippen molar-refractivity contribution in [1.29, 1.82) is 0 Å². The number of unbranched alkanes of at least 4 members (excludes halogenated alkanes) is 1. The van der Waals surface area contributed by atoms with Gasteiger partial charge in [0.05, 0.1) is 12.3 Å². The summed E-state index contributed by atoms with van der Waals surface area (Å²) in [4.78, 5) is 0. The van der Waals surface area contributed by atoms with E-state index in [1.165, 1.54) is 4.31 Å². The summed E-state index contributed by atoms with van der Waals surface area (Å²) in [6, 6.07) is 0.445. The number of rotatable bonds is 7. The van der Waals surface area contributed by atoms with E-state index < -0.39 is 10.0 Å². The molecule has 0 aliphatic carbocycles. The highest BCUT2D eigenvalue weighted by atomic mass is 32.2. The average molecular weight is 301 g/mol. The van der Waals surface area contributed by atoms with Crippen molar-refractivity contribution >= 4 is 10.0 Å². The van der Waals surface area contributed by atoms with Gasteiger partial charge in [0.1, 0.15) is 12.2 Å². The van der Waals surface area contributed by atoms with Crippen molar-refractivity contribution in [2.24, 2.45) is 0 Å². The number of aromatic nitrogens is 3. The van der Waals surface area contributed by atoms with Crippen molar-refractivity contribution in [2.45, 2.75) is 45.8 Å². The maximum Gasteiger partial charge on any atom is 0.214 e. The van der Waals surface area contributed by atoms with E-state index in [1.807, 2.05) is 4.57 Å². The summed E-state index contributed by atoms with van der Waals surface area (Å²) in [7, 11) is -3.18. The molecule has 20 heavy (non-hydrogen) atoms. The molecule has 8 heteroatoms. The Kier molecular flexibility index (Phi) is 5.11. The van der Waals surface area contributed by atoms with E-state index in [9.17, 15) is 8.42 Å². The Balaban J connectivity index is 1.79. The van der Waals surface area contributed by atoms with E-state index in [4.69, 9.17) is 0 Å². The first-order valence-corrected chi connectivity index (χ1v) is 8.68. The molecule has 2 heterocycles. The zero-order valence-electron chi connectivity index (χ0n) is 12.1. The Hall–Kier alpha value is -0.990. The van der Waals surface area contributed by atoms with Crippen LogP contribution in [0.3, 0.4) is 0 Å². The lowest BCUT2D eigenvalue weighted by Gasteiger charge is -2.26. The summed E-state index contributed by atoms with van der Waals surface area (Å²) in [6.45, 7) is 6.52. The molecule has 0 fully saturated rings. The fraction of sp³-hybridized carbons (Fsp3) is 0.833. The lowest BCUT2D eigenvalue weighted by Crippen LogP contribution is -2.39. The van der Waals surface area contributed by atoms with Gasteiger partial charge in [0.25, 0.3) is 0 Å². The van der Waals surface area contributed by atoms with E-state index in [-0.39, 0.29) is 5.75 Å². The maximum atomic E-state index is 12.3. The number of hydrogen-bond acceptors (Lipinski definition) is 5. The highest BCUT2D eigenvalue weighted by molar-refractivity contribution is 7.89.